The number of carbonyl (C=O) groups is 2. The van der Waals surface area contributed by atoms with E-state index in [9.17, 15) is 9.59 Å². The van der Waals surface area contributed by atoms with Crippen molar-refractivity contribution in [2.24, 2.45) is 5.92 Å². The highest BCUT2D eigenvalue weighted by Crippen LogP contribution is 2.36. The van der Waals surface area contributed by atoms with Gasteiger partial charge < -0.3 is 10.1 Å². The van der Waals surface area contributed by atoms with Gasteiger partial charge in [0.2, 0.25) is 5.91 Å². The second kappa shape index (κ2) is 8.97. The van der Waals surface area contributed by atoms with Crippen molar-refractivity contribution in [3.8, 4) is 0 Å². The quantitative estimate of drug-likeness (QED) is 0.760. The molecule has 2 aromatic carbocycles. The third-order valence-corrected chi connectivity index (χ3v) is 5.98. The van der Waals surface area contributed by atoms with Crippen LogP contribution in [0.15, 0.2) is 54.6 Å². The third kappa shape index (κ3) is 4.98. The summed E-state index contributed by atoms with van der Waals surface area (Å²) in [5, 5.41) is 3.77. The van der Waals surface area contributed by atoms with Gasteiger partial charge in [-0.15, -0.1) is 0 Å². The van der Waals surface area contributed by atoms with Crippen molar-refractivity contribution < 1.29 is 14.3 Å². The Hall–Kier alpha value is -2.37. The lowest BCUT2D eigenvalue weighted by molar-refractivity contribution is -0.141. The van der Waals surface area contributed by atoms with Crippen LogP contribution in [0.3, 0.4) is 0 Å². The number of rotatable bonds is 5. The van der Waals surface area contributed by atoms with E-state index in [1.54, 1.807) is 12.1 Å². The molecule has 2 heterocycles. The minimum Gasteiger partial charge on any atom is -0.457 e. The number of hydrogen-bond donors (Lipinski definition) is 1. The number of carbonyl (C=O) groups excluding carboxylic acids is 2. The Bertz CT molecular complexity index is 848. The first kappa shape index (κ1) is 19.9. The molecule has 0 aliphatic carbocycles. The van der Waals surface area contributed by atoms with Crippen molar-refractivity contribution in [2.45, 2.75) is 38.0 Å². The van der Waals surface area contributed by atoms with Crippen LogP contribution in [0.2, 0.25) is 5.02 Å². The van der Waals surface area contributed by atoms with Crippen LogP contribution in [0, 0.1) is 5.92 Å². The molecular formula is C23H25ClN2O3. The molecule has 0 saturated carbocycles. The number of ether oxygens (including phenoxy) is 1. The van der Waals surface area contributed by atoms with E-state index < -0.39 is 12.0 Å². The van der Waals surface area contributed by atoms with Gasteiger partial charge in [-0.3, -0.25) is 14.5 Å². The van der Waals surface area contributed by atoms with Gasteiger partial charge in [0.05, 0.1) is 12.3 Å². The molecule has 1 unspecified atom stereocenters. The number of piperidine rings is 1. The van der Waals surface area contributed by atoms with Gasteiger partial charge in [-0.25, -0.2) is 0 Å². The Morgan fingerprint density at radius 3 is 2.45 bits per heavy atom. The van der Waals surface area contributed by atoms with E-state index in [2.05, 4.69) is 34.5 Å². The molecule has 2 fully saturated rings. The maximum absolute atomic E-state index is 12.9. The minimum absolute atomic E-state index is 0.0997. The van der Waals surface area contributed by atoms with Crippen molar-refractivity contribution in [3.05, 3.63) is 70.7 Å². The summed E-state index contributed by atoms with van der Waals surface area (Å²) in [6.45, 7) is 2.83. The number of cyclic esters (lactones) is 1. The second-order valence-electron chi connectivity index (χ2n) is 7.82. The number of amides is 1. The first-order chi connectivity index (χ1) is 14.1. The molecule has 152 valence electrons. The molecule has 1 N–H and O–H groups in total. The van der Waals surface area contributed by atoms with Crippen molar-refractivity contribution in [3.63, 3.8) is 0 Å². The fourth-order valence-electron chi connectivity index (χ4n) is 4.13. The van der Waals surface area contributed by atoms with Crippen LogP contribution >= 0.6 is 11.6 Å². The maximum Gasteiger partial charge on any atom is 0.307 e. The molecule has 0 spiro atoms. The zero-order valence-electron chi connectivity index (χ0n) is 16.2. The molecule has 5 nitrogen and oxygen atoms in total. The van der Waals surface area contributed by atoms with Crippen molar-refractivity contribution in [2.75, 3.05) is 13.1 Å². The molecule has 2 aromatic rings. The predicted octanol–water partition coefficient (Wildman–Crippen LogP) is 3.73. The molecule has 1 amide bonds. The second-order valence-corrected chi connectivity index (χ2v) is 8.25. The lowest BCUT2D eigenvalue weighted by atomic mass is 9.93. The maximum atomic E-state index is 12.9. The van der Waals surface area contributed by atoms with E-state index in [0.29, 0.717) is 5.02 Å². The summed E-state index contributed by atoms with van der Waals surface area (Å²) < 4.78 is 5.44. The number of hydrogen-bond acceptors (Lipinski definition) is 4. The van der Waals surface area contributed by atoms with Crippen LogP contribution in [-0.4, -0.2) is 35.9 Å². The first-order valence-electron chi connectivity index (χ1n) is 10.1. The van der Waals surface area contributed by atoms with E-state index in [0.717, 1.165) is 38.0 Å². The Morgan fingerprint density at radius 2 is 1.76 bits per heavy atom. The average Bonchev–Trinajstić information content (AvgIpc) is 3.13. The number of nitrogens with zero attached hydrogens (tertiary/aromatic N) is 1. The highest BCUT2D eigenvalue weighted by Gasteiger charge is 2.41. The van der Waals surface area contributed by atoms with Crippen LogP contribution in [0.4, 0.5) is 0 Å². The molecule has 29 heavy (non-hydrogen) atoms. The standard InChI is InChI=1S/C23H25ClN2O3/c24-18-8-6-17(7-9-18)22-20(14-21(27)29-22)23(28)25-19-10-12-26(13-11-19)15-16-4-2-1-3-5-16/h1-9,19-20,22H,10-15H2,(H,25,28)/t20-,22?/m0/s1. The fraction of sp³-hybridized carbons (Fsp3) is 0.391. The fourth-order valence-corrected chi connectivity index (χ4v) is 4.25. The first-order valence-corrected chi connectivity index (χ1v) is 10.5. The Labute approximate surface area is 176 Å². The van der Waals surface area contributed by atoms with Crippen LogP contribution in [-0.2, 0) is 20.9 Å². The van der Waals surface area contributed by atoms with E-state index >= 15 is 0 Å². The lowest BCUT2D eigenvalue weighted by Gasteiger charge is -2.33. The summed E-state index contributed by atoms with van der Waals surface area (Å²) in [6, 6.07) is 17.7. The van der Waals surface area contributed by atoms with Crippen molar-refractivity contribution in [1.29, 1.82) is 0 Å². The topological polar surface area (TPSA) is 58.6 Å². The number of halogens is 1. The summed E-state index contributed by atoms with van der Waals surface area (Å²) in [5.74, 6) is -0.925. The molecule has 0 radical (unpaired) electrons. The Kier molecular flexibility index (Phi) is 6.16. The summed E-state index contributed by atoms with van der Waals surface area (Å²) in [7, 11) is 0. The van der Waals surface area contributed by atoms with Crippen LogP contribution in [0.1, 0.15) is 36.5 Å². The van der Waals surface area contributed by atoms with Gasteiger partial charge in [-0.1, -0.05) is 54.1 Å². The number of esters is 1. The van der Waals surface area contributed by atoms with Gasteiger partial charge in [-0.05, 0) is 36.1 Å². The lowest BCUT2D eigenvalue weighted by Crippen LogP contribution is -2.46. The molecule has 0 bridgehead atoms. The smallest absolute Gasteiger partial charge is 0.307 e. The minimum atomic E-state index is -0.544. The summed E-state index contributed by atoms with van der Waals surface area (Å²) in [6.07, 6.45) is 1.39. The van der Waals surface area contributed by atoms with Crippen molar-refractivity contribution in [1.82, 2.24) is 10.2 Å². The average molecular weight is 413 g/mol. The number of benzene rings is 2. The summed E-state index contributed by atoms with van der Waals surface area (Å²) in [4.78, 5) is 27.2. The Morgan fingerprint density at radius 1 is 1.07 bits per heavy atom. The SMILES string of the molecule is O=C1C[C@H](C(=O)NC2CCN(Cc3ccccc3)CC2)C(c2ccc(Cl)cc2)O1. The van der Waals surface area contributed by atoms with E-state index in [1.807, 2.05) is 18.2 Å². The number of nitrogens with one attached hydrogen (secondary N) is 1. The predicted molar refractivity (Wildman–Crippen MR) is 111 cm³/mol. The van der Waals surface area contributed by atoms with E-state index in [1.165, 1.54) is 5.56 Å². The van der Waals surface area contributed by atoms with E-state index in [-0.39, 0.29) is 24.3 Å². The van der Waals surface area contributed by atoms with Crippen LogP contribution < -0.4 is 5.32 Å². The van der Waals surface area contributed by atoms with Gasteiger partial charge in [0.25, 0.3) is 0 Å². The molecule has 2 atom stereocenters. The van der Waals surface area contributed by atoms with Gasteiger partial charge in [0.1, 0.15) is 6.10 Å². The normalized spacial score (nSPS) is 23.0. The van der Waals surface area contributed by atoms with Gasteiger partial charge in [-0.2, -0.15) is 0 Å². The zero-order valence-corrected chi connectivity index (χ0v) is 17.0. The molecular weight excluding hydrogens is 388 g/mol. The third-order valence-electron chi connectivity index (χ3n) is 5.73. The number of likely N-dealkylation sites (tertiary alicyclic amines) is 1. The largest absolute Gasteiger partial charge is 0.457 e. The summed E-state index contributed by atoms with van der Waals surface area (Å²) >= 11 is 5.95. The van der Waals surface area contributed by atoms with Crippen LogP contribution in [0.5, 0.6) is 0 Å². The molecule has 2 aliphatic heterocycles. The monoisotopic (exact) mass is 412 g/mol. The molecule has 0 aromatic heterocycles. The van der Waals surface area contributed by atoms with Gasteiger partial charge in [0, 0.05) is 30.7 Å². The van der Waals surface area contributed by atoms with Crippen molar-refractivity contribution >= 4 is 23.5 Å². The Balaban J connectivity index is 1.32. The molecule has 2 saturated heterocycles. The van der Waals surface area contributed by atoms with Gasteiger partial charge >= 0.3 is 5.97 Å². The van der Waals surface area contributed by atoms with Gasteiger partial charge in [0.15, 0.2) is 0 Å². The van der Waals surface area contributed by atoms with E-state index in [4.69, 9.17) is 16.3 Å². The van der Waals surface area contributed by atoms with Crippen LogP contribution in [0.25, 0.3) is 0 Å². The zero-order chi connectivity index (χ0) is 20.2. The summed E-state index contributed by atoms with van der Waals surface area (Å²) in [5.41, 5.74) is 2.11. The molecule has 2 aliphatic rings. The molecule has 4 rings (SSSR count). The molecule has 6 heteroatoms. The highest BCUT2D eigenvalue weighted by molar-refractivity contribution is 6.30. The highest BCUT2D eigenvalue weighted by atomic mass is 35.5.